The number of carbonyl (C=O) groups excluding carboxylic acids is 1. The molecular weight excluding hydrogens is 254 g/mol. The number of fused-ring (bicyclic) bond motifs is 1. The Labute approximate surface area is 115 Å². The van der Waals surface area contributed by atoms with Gasteiger partial charge in [-0.1, -0.05) is 30.3 Å². The molecule has 2 aromatic heterocycles. The number of esters is 1. The average Bonchev–Trinajstić information content (AvgIpc) is 2.92. The molecule has 0 spiro atoms. The van der Waals surface area contributed by atoms with Gasteiger partial charge in [-0.05, 0) is 13.0 Å². The van der Waals surface area contributed by atoms with E-state index in [0.717, 1.165) is 11.3 Å². The fourth-order valence-electron chi connectivity index (χ4n) is 2.07. The minimum Gasteiger partial charge on any atom is -0.462 e. The van der Waals surface area contributed by atoms with E-state index in [9.17, 15) is 4.79 Å². The lowest BCUT2D eigenvalue weighted by atomic mass is 10.1. The standard InChI is InChI=1S/C15H13N3O2/c1-2-20-15(19)12-10-17-18-13(8-9-16-14(12)18)11-6-4-3-5-7-11/h3-10H,2H2,1H3. The molecule has 0 radical (unpaired) electrons. The summed E-state index contributed by atoms with van der Waals surface area (Å²) < 4.78 is 6.66. The lowest BCUT2D eigenvalue weighted by molar-refractivity contribution is 0.0528. The molecule has 3 aromatic rings. The topological polar surface area (TPSA) is 56.5 Å². The molecule has 0 unspecified atom stereocenters. The van der Waals surface area contributed by atoms with Gasteiger partial charge in [-0.3, -0.25) is 0 Å². The number of aromatic nitrogens is 3. The second-order valence-corrected chi connectivity index (χ2v) is 4.21. The molecule has 0 N–H and O–H groups in total. The molecule has 5 nitrogen and oxygen atoms in total. The van der Waals surface area contributed by atoms with Crippen LogP contribution in [0.4, 0.5) is 0 Å². The van der Waals surface area contributed by atoms with E-state index in [1.807, 2.05) is 36.4 Å². The van der Waals surface area contributed by atoms with E-state index in [2.05, 4.69) is 10.1 Å². The fourth-order valence-corrected chi connectivity index (χ4v) is 2.07. The molecule has 0 saturated carbocycles. The van der Waals surface area contributed by atoms with E-state index in [1.54, 1.807) is 17.6 Å². The highest BCUT2D eigenvalue weighted by atomic mass is 16.5. The summed E-state index contributed by atoms with van der Waals surface area (Å²) >= 11 is 0. The number of carbonyl (C=O) groups is 1. The van der Waals surface area contributed by atoms with Crippen molar-refractivity contribution in [2.24, 2.45) is 0 Å². The molecule has 0 fully saturated rings. The van der Waals surface area contributed by atoms with Crippen LogP contribution in [0.2, 0.25) is 0 Å². The number of rotatable bonds is 3. The zero-order chi connectivity index (χ0) is 13.9. The normalized spacial score (nSPS) is 10.7. The summed E-state index contributed by atoms with van der Waals surface area (Å²) in [6.07, 6.45) is 3.16. The number of ether oxygens (including phenoxy) is 1. The highest BCUT2D eigenvalue weighted by Crippen LogP contribution is 2.20. The summed E-state index contributed by atoms with van der Waals surface area (Å²) in [7, 11) is 0. The van der Waals surface area contributed by atoms with Gasteiger partial charge in [0.05, 0.1) is 18.5 Å². The largest absolute Gasteiger partial charge is 0.462 e. The maximum Gasteiger partial charge on any atom is 0.343 e. The van der Waals surface area contributed by atoms with Gasteiger partial charge in [0.1, 0.15) is 5.56 Å². The van der Waals surface area contributed by atoms with Gasteiger partial charge in [-0.25, -0.2) is 14.3 Å². The zero-order valence-corrected chi connectivity index (χ0v) is 11.0. The molecule has 20 heavy (non-hydrogen) atoms. The predicted octanol–water partition coefficient (Wildman–Crippen LogP) is 2.57. The number of nitrogens with zero attached hydrogens (tertiary/aromatic N) is 3. The highest BCUT2D eigenvalue weighted by Gasteiger charge is 2.16. The van der Waals surface area contributed by atoms with Crippen LogP contribution in [0.5, 0.6) is 0 Å². The van der Waals surface area contributed by atoms with Crippen LogP contribution in [0, 0.1) is 0 Å². The Balaban J connectivity index is 2.15. The van der Waals surface area contributed by atoms with Gasteiger partial charge < -0.3 is 4.74 Å². The van der Waals surface area contributed by atoms with Crippen LogP contribution in [-0.2, 0) is 4.74 Å². The molecular formula is C15H13N3O2. The van der Waals surface area contributed by atoms with Crippen molar-refractivity contribution < 1.29 is 9.53 Å². The summed E-state index contributed by atoms with van der Waals surface area (Å²) in [5.74, 6) is -0.403. The smallest absolute Gasteiger partial charge is 0.343 e. The van der Waals surface area contributed by atoms with Gasteiger partial charge in [0.2, 0.25) is 0 Å². The SMILES string of the molecule is CCOC(=O)c1cnn2c(-c3ccccc3)ccnc12. The van der Waals surface area contributed by atoms with E-state index in [-0.39, 0.29) is 0 Å². The Hall–Kier alpha value is -2.69. The van der Waals surface area contributed by atoms with E-state index in [0.29, 0.717) is 17.8 Å². The maximum atomic E-state index is 11.9. The van der Waals surface area contributed by atoms with Crippen molar-refractivity contribution in [2.45, 2.75) is 6.92 Å². The van der Waals surface area contributed by atoms with Crippen molar-refractivity contribution >= 4 is 11.6 Å². The van der Waals surface area contributed by atoms with Crippen LogP contribution in [0.3, 0.4) is 0 Å². The molecule has 0 aliphatic rings. The molecule has 3 rings (SSSR count). The third-order valence-corrected chi connectivity index (χ3v) is 2.97. The van der Waals surface area contributed by atoms with Crippen LogP contribution in [0.25, 0.3) is 16.9 Å². The molecule has 5 heteroatoms. The lowest BCUT2D eigenvalue weighted by Crippen LogP contribution is -2.05. The summed E-state index contributed by atoms with van der Waals surface area (Å²) in [6.45, 7) is 2.10. The predicted molar refractivity (Wildman–Crippen MR) is 74.4 cm³/mol. The Morgan fingerprint density at radius 3 is 2.80 bits per heavy atom. The third kappa shape index (κ3) is 2.03. The second kappa shape index (κ2) is 5.13. The Morgan fingerprint density at radius 1 is 1.25 bits per heavy atom. The van der Waals surface area contributed by atoms with Gasteiger partial charge in [-0.2, -0.15) is 5.10 Å². The highest BCUT2D eigenvalue weighted by molar-refractivity contribution is 5.95. The van der Waals surface area contributed by atoms with Gasteiger partial charge >= 0.3 is 5.97 Å². The number of benzene rings is 1. The third-order valence-electron chi connectivity index (χ3n) is 2.97. The van der Waals surface area contributed by atoms with Crippen LogP contribution in [-0.4, -0.2) is 27.2 Å². The maximum absolute atomic E-state index is 11.9. The van der Waals surface area contributed by atoms with E-state index in [1.165, 1.54) is 6.20 Å². The van der Waals surface area contributed by atoms with Crippen molar-refractivity contribution in [1.29, 1.82) is 0 Å². The average molecular weight is 267 g/mol. The molecule has 0 aliphatic heterocycles. The summed E-state index contributed by atoms with van der Waals surface area (Å²) in [4.78, 5) is 16.1. The van der Waals surface area contributed by atoms with Crippen molar-refractivity contribution in [1.82, 2.24) is 14.6 Å². The molecule has 0 atom stereocenters. The first-order valence-corrected chi connectivity index (χ1v) is 6.36. The van der Waals surface area contributed by atoms with Gasteiger partial charge in [0, 0.05) is 11.8 Å². The lowest BCUT2D eigenvalue weighted by Gasteiger charge is -2.04. The van der Waals surface area contributed by atoms with Gasteiger partial charge in [-0.15, -0.1) is 0 Å². The van der Waals surface area contributed by atoms with Crippen molar-refractivity contribution in [2.75, 3.05) is 6.61 Å². The van der Waals surface area contributed by atoms with E-state index in [4.69, 9.17) is 4.74 Å². The van der Waals surface area contributed by atoms with Crippen LogP contribution in [0.1, 0.15) is 17.3 Å². The summed E-state index contributed by atoms with van der Waals surface area (Å²) in [6, 6.07) is 11.7. The first kappa shape index (κ1) is 12.3. The van der Waals surface area contributed by atoms with Crippen LogP contribution < -0.4 is 0 Å². The minimum absolute atomic E-state index is 0.328. The second-order valence-electron chi connectivity index (χ2n) is 4.21. The van der Waals surface area contributed by atoms with E-state index < -0.39 is 5.97 Å². The van der Waals surface area contributed by atoms with Crippen molar-refractivity contribution in [3.05, 3.63) is 54.4 Å². The Bertz CT molecular complexity index is 750. The molecule has 100 valence electrons. The summed E-state index contributed by atoms with van der Waals surface area (Å²) in [5, 5.41) is 4.25. The van der Waals surface area contributed by atoms with Gasteiger partial charge in [0.15, 0.2) is 5.65 Å². The van der Waals surface area contributed by atoms with Crippen LogP contribution in [0.15, 0.2) is 48.8 Å². The molecule has 0 bridgehead atoms. The molecule has 0 aliphatic carbocycles. The van der Waals surface area contributed by atoms with Crippen molar-refractivity contribution in [3.8, 4) is 11.3 Å². The van der Waals surface area contributed by atoms with Gasteiger partial charge in [0.25, 0.3) is 0 Å². The first-order chi connectivity index (χ1) is 9.81. The zero-order valence-electron chi connectivity index (χ0n) is 11.0. The fraction of sp³-hybridized carbons (Fsp3) is 0.133. The quantitative estimate of drug-likeness (QED) is 0.684. The number of hydrogen-bond donors (Lipinski definition) is 0. The molecule has 2 heterocycles. The Kier molecular flexibility index (Phi) is 3.16. The molecule has 0 amide bonds. The monoisotopic (exact) mass is 267 g/mol. The first-order valence-electron chi connectivity index (χ1n) is 6.36. The Morgan fingerprint density at radius 2 is 2.05 bits per heavy atom. The minimum atomic E-state index is -0.403. The van der Waals surface area contributed by atoms with E-state index >= 15 is 0 Å². The molecule has 0 saturated heterocycles. The summed E-state index contributed by atoms with van der Waals surface area (Å²) in [5.41, 5.74) is 2.78. The van der Waals surface area contributed by atoms with Crippen LogP contribution >= 0.6 is 0 Å². The number of hydrogen-bond acceptors (Lipinski definition) is 4. The van der Waals surface area contributed by atoms with Crippen molar-refractivity contribution in [3.63, 3.8) is 0 Å². The molecule has 1 aromatic carbocycles.